The van der Waals surface area contributed by atoms with Crippen molar-refractivity contribution in [1.82, 2.24) is 0 Å². The first-order valence-corrected chi connectivity index (χ1v) is 13.3. The summed E-state index contributed by atoms with van der Waals surface area (Å²) in [5, 5.41) is 0.702. The van der Waals surface area contributed by atoms with Crippen molar-refractivity contribution in [3.05, 3.63) is 123 Å². The van der Waals surface area contributed by atoms with Gasteiger partial charge in [0, 0.05) is 10.0 Å². The van der Waals surface area contributed by atoms with Crippen LogP contribution in [0.4, 0.5) is 0 Å². The molecule has 31 heavy (non-hydrogen) atoms. The predicted molar refractivity (Wildman–Crippen MR) is 127 cm³/mol. The largest absolute Gasteiger partial charge is 0.672 e. The molecule has 0 radical (unpaired) electrons. The minimum Gasteiger partial charge on any atom is -0.672 e. The maximum absolute atomic E-state index is 12.8. The summed E-state index contributed by atoms with van der Waals surface area (Å²) in [6, 6.07) is 21.0. The Morgan fingerprint density at radius 1 is 0.871 bits per heavy atom. The van der Waals surface area contributed by atoms with Crippen molar-refractivity contribution in [3.8, 4) is 0 Å². The van der Waals surface area contributed by atoms with Crippen molar-refractivity contribution in [2.45, 2.75) is 17.8 Å². The average molecular weight is 585 g/mol. The van der Waals surface area contributed by atoms with Crippen LogP contribution in [0.3, 0.4) is 0 Å². The third-order valence-corrected chi connectivity index (χ3v) is 6.05. The third-order valence-electron chi connectivity index (χ3n) is 4.24. The molecule has 4 nitrogen and oxygen atoms in total. The summed E-state index contributed by atoms with van der Waals surface area (Å²) in [5.41, 5.74) is 10.4. The Morgan fingerprint density at radius 2 is 1.39 bits per heavy atom. The van der Waals surface area contributed by atoms with E-state index < -0.39 is 22.1 Å². The van der Waals surface area contributed by atoms with Gasteiger partial charge in [-0.3, -0.25) is 0 Å². The van der Waals surface area contributed by atoms with Gasteiger partial charge in [-0.05, 0) is 17.7 Å². The van der Waals surface area contributed by atoms with E-state index in [0.717, 1.165) is 0 Å². The maximum atomic E-state index is 12.8. The fourth-order valence-electron chi connectivity index (χ4n) is 2.85. The van der Waals surface area contributed by atoms with Crippen molar-refractivity contribution in [2.24, 2.45) is 0 Å². The topological polar surface area (TPSA) is 72.0 Å². The Hall–Kier alpha value is -0.977. The van der Waals surface area contributed by atoms with Crippen LogP contribution in [0.5, 0.6) is 0 Å². The van der Waals surface area contributed by atoms with Gasteiger partial charge in [-0.2, -0.15) is 0 Å². The molecule has 3 rings (SSSR count). The minimum absolute atomic E-state index is 0. The molecular formula is C22H21Cl3N2O2RuS. The average Bonchev–Trinajstić information content (AvgIpc) is 2.76. The van der Waals surface area contributed by atoms with Crippen molar-refractivity contribution in [1.29, 1.82) is 0 Å². The summed E-state index contributed by atoms with van der Waals surface area (Å²) >= 11 is 13.8. The van der Waals surface area contributed by atoms with Crippen LogP contribution in [0.15, 0.2) is 78.9 Å². The Morgan fingerprint density at radius 3 is 1.90 bits per heavy atom. The fraction of sp³-hybridized carbons (Fsp3) is 0.136. The van der Waals surface area contributed by atoms with Gasteiger partial charge < -0.3 is 17.9 Å². The summed E-state index contributed by atoms with van der Waals surface area (Å²) in [5.74, 6) is -0.353. The van der Waals surface area contributed by atoms with E-state index in [1.54, 1.807) is 48.5 Å². The zero-order chi connectivity index (χ0) is 22.1. The van der Waals surface area contributed by atoms with Crippen LogP contribution in [-0.2, 0) is 33.1 Å². The standard InChI is InChI=1S/C21H18Cl2N2O2S.CH3.ClH.Ru/c22-18-12-11-17(19(23)13-18)14-28(26,27)25-21(16-9-5-2-6-10-16)20(24)15-7-3-1-4-8-15;;;/h1-13,20-21,24H,14H2;1H3;1H;/q-2;-1;;+4/p-1. The quantitative estimate of drug-likeness (QED) is 0.209. The normalized spacial score (nSPS) is 12.6. The van der Waals surface area contributed by atoms with Crippen LogP contribution < -0.4 is 0 Å². The van der Waals surface area contributed by atoms with Crippen LogP contribution >= 0.6 is 32.9 Å². The van der Waals surface area contributed by atoms with E-state index in [0.29, 0.717) is 21.7 Å². The molecule has 0 aromatic heterocycles. The van der Waals surface area contributed by atoms with Gasteiger partial charge in [-0.25, -0.2) is 8.42 Å². The van der Waals surface area contributed by atoms with E-state index in [1.165, 1.54) is 6.07 Å². The molecule has 3 aromatic carbocycles. The Bertz CT molecular complexity index is 1040. The van der Waals surface area contributed by atoms with Crippen LogP contribution in [0.2, 0.25) is 10.0 Å². The minimum atomic E-state index is -3.89. The van der Waals surface area contributed by atoms with E-state index in [-0.39, 0.29) is 18.2 Å². The zero-order valence-electron chi connectivity index (χ0n) is 16.5. The molecular weight excluding hydrogens is 564 g/mol. The number of nitrogens with one attached hydrogen (secondary N) is 1. The van der Waals surface area contributed by atoms with E-state index in [4.69, 9.17) is 28.9 Å². The number of sulfonamides is 1. The summed E-state index contributed by atoms with van der Waals surface area (Å²) in [6.07, 6.45) is 0. The molecule has 2 unspecified atom stereocenters. The number of nitrogens with zero attached hydrogens (tertiary/aromatic N) is 1. The summed E-state index contributed by atoms with van der Waals surface area (Å²) < 4.78 is 29.7. The number of rotatable bonds is 7. The predicted octanol–water partition coefficient (Wildman–Crippen LogP) is 7.87. The van der Waals surface area contributed by atoms with Crippen molar-refractivity contribution in [3.63, 3.8) is 0 Å². The van der Waals surface area contributed by atoms with E-state index in [9.17, 15) is 8.42 Å². The molecule has 0 heterocycles. The molecule has 2 atom stereocenters. The molecule has 0 fully saturated rings. The van der Waals surface area contributed by atoms with Gasteiger partial charge in [-0.1, -0.05) is 101 Å². The van der Waals surface area contributed by atoms with Gasteiger partial charge in [0.1, 0.15) is 0 Å². The third kappa shape index (κ3) is 8.47. The van der Waals surface area contributed by atoms with Crippen molar-refractivity contribution < 1.29 is 25.7 Å². The second-order valence-corrected chi connectivity index (χ2v) is 8.82. The molecule has 0 aliphatic carbocycles. The second kappa shape index (κ2) is 13.5. The number of hydrogen-bond acceptors (Lipinski definition) is 2. The number of halogens is 3. The molecule has 0 bridgehead atoms. The van der Waals surface area contributed by atoms with Crippen LogP contribution in [0.1, 0.15) is 28.8 Å². The molecule has 0 amide bonds. The molecule has 1 N–H and O–H groups in total. The first kappa shape index (κ1) is 28.1. The van der Waals surface area contributed by atoms with Gasteiger partial charge in [0.2, 0.25) is 0 Å². The summed E-state index contributed by atoms with van der Waals surface area (Å²) in [4.78, 5) is 0. The van der Waals surface area contributed by atoms with Crippen LogP contribution in [0.25, 0.3) is 10.5 Å². The fourth-order valence-corrected chi connectivity index (χ4v) is 4.72. The summed E-state index contributed by atoms with van der Waals surface area (Å²) in [7, 11) is 0.676. The van der Waals surface area contributed by atoms with Crippen molar-refractivity contribution >= 4 is 42.9 Å². The molecule has 0 aliphatic heterocycles. The molecule has 9 heteroatoms. The zero-order valence-corrected chi connectivity index (χ0v) is 21.3. The molecule has 0 saturated carbocycles. The monoisotopic (exact) mass is 584 g/mol. The molecule has 0 spiro atoms. The maximum Gasteiger partial charge on any atom is 0.0768 e. The van der Waals surface area contributed by atoms with Gasteiger partial charge in [0.25, 0.3) is 0 Å². The van der Waals surface area contributed by atoms with Gasteiger partial charge >= 0.3 is 27.0 Å². The van der Waals surface area contributed by atoms with E-state index in [1.807, 2.05) is 41.6 Å². The van der Waals surface area contributed by atoms with Crippen LogP contribution in [0, 0.1) is 7.43 Å². The smallest absolute Gasteiger partial charge is 0.0768 e. The Balaban J connectivity index is 0.00000156. The number of benzene rings is 3. The first-order valence-electron chi connectivity index (χ1n) is 8.69. The number of hydrogen-bond donors (Lipinski definition) is 0. The van der Waals surface area contributed by atoms with E-state index in [2.05, 4.69) is 14.4 Å². The van der Waals surface area contributed by atoms with Crippen LogP contribution in [-0.4, -0.2) is 8.42 Å². The summed E-state index contributed by atoms with van der Waals surface area (Å²) in [6.45, 7) is 0. The second-order valence-electron chi connectivity index (χ2n) is 6.31. The molecule has 3 aromatic rings. The SMILES string of the molecule is [CH3-].[Cl][Ru+3].[NH-]C(c1ccccc1)C([N-]S(=O)(=O)Cc1ccc(Cl)cc1Cl)c1ccccc1. The van der Waals surface area contributed by atoms with Gasteiger partial charge in [0.05, 0.1) is 15.8 Å². The Kier molecular flexibility index (Phi) is 12.3. The van der Waals surface area contributed by atoms with E-state index >= 15 is 0 Å². The molecule has 166 valence electrons. The van der Waals surface area contributed by atoms with Gasteiger partial charge in [-0.15, -0.1) is 12.1 Å². The first-order chi connectivity index (χ1) is 14.4. The Labute approximate surface area is 208 Å². The molecule has 0 aliphatic rings. The van der Waals surface area contributed by atoms with Gasteiger partial charge in [0.15, 0.2) is 0 Å². The molecule has 0 saturated heterocycles. The van der Waals surface area contributed by atoms with Crippen molar-refractivity contribution in [2.75, 3.05) is 0 Å².